The zero-order valence-corrected chi connectivity index (χ0v) is 12.2. The molecule has 118 valence electrons. The van der Waals surface area contributed by atoms with Gasteiger partial charge in [0, 0.05) is 12.6 Å². The molecular weight excluding hydrogens is 303 g/mol. The van der Waals surface area contributed by atoms with Gasteiger partial charge >= 0.3 is 0 Å². The number of halogens is 1. The number of likely N-dealkylation sites (N-methyl/N-ethyl adjacent to an activating group) is 1. The van der Waals surface area contributed by atoms with E-state index in [0.29, 0.717) is 28.9 Å². The number of amides is 1. The Morgan fingerprint density at radius 3 is 2.78 bits per heavy atom. The van der Waals surface area contributed by atoms with Crippen LogP contribution in [-0.2, 0) is 17.6 Å². The summed E-state index contributed by atoms with van der Waals surface area (Å²) in [5.41, 5.74) is 1.27. The van der Waals surface area contributed by atoms with Gasteiger partial charge in [-0.3, -0.25) is 4.79 Å². The molecule has 0 fully saturated rings. The fraction of sp³-hybridized carbons (Fsp3) is 0.200. The highest BCUT2D eigenvalue weighted by Crippen LogP contribution is 2.20. The molecule has 0 unspecified atom stereocenters. The van der Waals surface area contributed by atoms with Gasteiger partial charge in [0.05, 0.1) is 18.5 Å². The largest absolute Gasteiger partial charge is 0.444 e. The molecule has 2 heterocycles. The topological polar surface area (TPSA) is 94.1 Å². The Morgan fingerprint density at radius 1 is 1.26 bits per heavy atom. The number of hydrogen-bond acceptors (Lipinski definition) is 6. The summed E-state index contributed by atoms with van der Waals surface area (Å²) in [5.74, 6) is 0.502. The summed E-state index contributed by atoms with van der Waals surface area (Å²) in [4.78, 5) is 19.7. The van der Waals surface area contributed by atoms with Crippen LogP contribution in [0.15, 0.2) is 39.5 Å². The summed E-state index contributed by atoms with van der Waals surface area (Å²) in [5, 5.41) is 6.21. The normalized spacial score (nSPS) is 10.7. The second kappa shape index (κ2) is 6.39. The summed E-state index contributed by atoms with van der Waals surface area (Å²) < 4.78 is 23.3. The van der Waals surface area contributed by atoms with Crippen molar-refractivity contribution in [1.82, 2.24) is 20.4 Å². The van der Waals surface area contributed by atoms with Crippen molar-refractivity contribution >= 4 is 5.91 Å². The van der Waals surface area contributed by atoms with Crippen molar-refractivity contribution in [3.63, 3.8) is 0 Å². The van der Waals surface area contributed by atoms with E-state index in [0.717, 1.165) is 0 Å². The van der Waals surface area contributed by atoms with E-state index < -0.39 is 0 Å². The lowest BCUT2D eigenvalue weighted by molar-refractivity contribution is -0.120. The second-order valence-corrected chi connectivity index (χ2v) is 4.78. The molecule has 23 heavy (non-hydrogen) atoms. The molecule has 2 aromatic heterocycles. The maximum Gasteiger partial charge on any atom is 0.232 e. The number of carbonyl (C=O) groups excluding carboxylic acids is 1. The van der Waals surface area contributed by atoms with Crippen LogP contribution in [-0.4, -0.2) is 28.1 Å². The van der Waals surface area contributed by atoms with Crippen molar-refractivity contribution in [1.29, 1.82) is 0 Å². The molecule has 0 aliphatic rings. The van der Waals surface area contributed by atoms with Gasteiger partial charge in [0.15, 0.2) is 5.82 Å². The first-order valence-corrected chi connectivity index (χ1v) is 6.86. The van der Waals surface area contributed by atoms with Crippen LogP contribution in [0.4, 0.5) is 4.39 Å². The van der Waals surface area contributed by atoms with Crippen molar-refractivity contribution in [2.75, 3.05) is 7.05 Å². The van der Waals surface area contributed by atoms with Gasteiger partial charge in [-0.05, 0) is 24.3 Å². The molecule has 0 aliphatic heterocycles. The fourth-order valence-corrected chi connectivity index (χ4v) is 1.93. The first-order chi connectivity index (χ1) is 11.1. The highest BCUT2D eigenvalue weighted by Gasteiger charge is 2.13. The van der Waals surface area contributed by atoms with E-state index in [-0.39, 0.29) is 24.6 Å². The Kier molecular flexibility index (Phi) is 4.13. The Balaban J connectivity index is 1.69. The van der Waals surface area contributed by atoms with Gasteiger partial charge in [-0.25, -0.2) is 9.37 Å². The number of oxazole rings is 1. The molecule has 1 N–H and O–H groups in total. The predicted octanol–water partition coefficient (Wildman–Crippen LogP) is 1.74. The molecule has 0 spiro atoms. The lowest BCUT2D eigenvalue weighted by Crippen LogP contribution is -2.20. The second-order valence-electron chi connectivity index (χ2n) is 4.78. The van der Waals surface area contributed by atoms with E-state index in [1.165, 1.54) is 25.4 Å². The molecule has 7 nitrogen and oxygen atoms in total. The smallest absolute Gasteiger partial charge is 0.232 e. The van der Waals surface area contributed by atoms with Crippen LogP contribution in [0.1, 0.15) is 17.4 Å². The van der Waals surface area contributed by atoms with E-state index in [9.17, 15) is 9.18 Å². The van der Waals surface area contributed by atoms with Gasteiger partial charge in [0.2, 0.25) is 17.7 Å². The van der Waals surface area contributed by atoms with Gasteiger partial charge in [0.25, 0.3) is 0 Å². The number of hydrogen-bond donors (Lipinski definition) is 1. The van der Waals surface area contributed by atoms with E-state index >= 15 is 0 Å². The Morgan fingerprint density at radius 2 is 2.04 bits per heavy atom. The molecule has 8 heteroatoms. The Bertz CT molecular complexity index is 810. The van der Waals surface area contributed by atoms with Crippen LogP contribution in [0, 0.1) is 5.82 Å². The van der Waals surface area contributed by atoms with Crippen molar-refractivity contribution < 1.29 is 18.1 Å². The molecule has 0 saturated carbocycles. The third-order valence-electron chi connectivity index (χ3n) is 3.08. The van der Waals surface area contributed by atoms with Gasteiger partial charge in [-0.15, -0.1) is 0 Å². The Hall–Kier alpha value is -3.03. The standard InChI is InChI=1S/C15H13FN4O3/c1-17-13(21)7-12-19-14(23-20-12)6-11-8-22-15(18-11)9-2-4-10(16)5-3-9/h2-5,8H,6-7H2,1H3,(H,17,21). The average Bonchev–Trinajstić information content (AvgIpc) is 3.18. The predicted molar refractivity (Wildman–Crippen MR) is 76.8 cm³/mol. The molecule has 0 bridgehead atoms. The minimum atomic E-state index is -0.324. The molecule has 3 aromatic rings. The number of nitrogens with zero attached hydrogens (tertiary/aromatic N) is 3. The minimum absolute atomic E-state index is 0.0552. The van der Waals surface area contributed by atoms with E-state index in [1.807, 2.05) is 0 Å². The highest BCUT2D eigenvalue weighted by molar-refractivity contribution is 5.77. The Labute approximate surface area is 130 Å². The molecule has 1 amide bonds. The number of nitrogens with one attached hydrogen (secondary N) is 1. The molecule has 0 atom stereocenters. The lowest BCUT2D eigenvalue weighted by atomic mass is 10.2. The average molecular weight is 316 g/mol. The molecule has 0 saturated heterocycles. The summed E-state index contributed by atoms with van der Waals surface area (Å²) in [7, 11) is 1.54. The first-order valence-electron chi connectivity index (χ1n) is 6.86. The zero-order valence-electron chi connectivity index (χ0n) is 12.2. The number of carbonyl (C=O) groups is 1. The van der Waals surface area contributed by atoms with Crippen LogP contribution in [0.3, 0.4) is 0 Å². The van der Waals surface area contributed by atoms with Gasteiger partial charge in [0.1, 0.15) is 12.1 Å². The monoisotopic (exact) mass is 316 g/mol. The van der Waals surface area contributed by atoms with Gasteiger partial charge < -0.3 is 14.3 Å². The van der Waals surface area contributed by atoms with Crippen molar-refractivity contribution in [2.24, 2.45) is 0 Å². The quantitative estimate of drug-likeness (QED) is 0.770. The molecule has 1 aromatic carbocycles. The van der Waals surface area contributed by atoms with E-state index in [2.05, 4.69) is 20.4 Å². The third-order valence-corrected chi connectivity index (χ3v) is 3.08. The summed E-state index contributed by atoms with van der Waals surface area (Å²) in [6, 6.07) is 5.84. The first kappa shape index (κ1) is 14.9. The SMILES string of the molecule is CNC(=O)Cc1noc(Cc2coc(-c3ccc(F)cc3)n2)n1. The third kappa shape index (κ3) is 3.60. The van der Waals surface area contributed by atoms with Crippen molar-refractivity contribution in [3.8, 4) is 11.5 Å². The fourth-order valence-electron chi connectivity index (χ4n) is 1.93. The molecule has 3 rings (SSSR count). The van der Waals surface area contributed by atoms with Gasteiger partial charge in [-0.1, -0.05) is 5.16 Å². The lowest BCUT2D eigenvalue weighted by Gasteiger charge is -1.93. The summed E-state index contributed by atoms with van der Waals surface area (Å²) in [6.07, 6.45) is 1.81. The minimum Gasteiger partial charge on any atom is -0.444 e. The highest BCUT2D eigenvalue weighted by atomic mass is 19.1. The van der Waals surface area contributed by atoms with Crippen LogP contribution in [0.2, 0.25) is 0 Å². The van der Waals surface area contributed by atoms with Crippen LogP contribution >= 0.6 is 0 Å². The summed E-state index contributed by atoms with van der Waals surface area (Å²) >= 11 is 0. The summed E-state index contributed by atoms with van der Waals surface area (Å²) in [6.45, 7) is 0. The van der Waals surface area contributed by atoms with Crippen molar-refractivity contribution in [3.05, 3.63) is 53.8 Å². The van der Waals surface area contributed by atoms with Crippen LogP contribution in [0.25, 0.3) is 11.5 Å². The number of benzene rings is 1. The van der Waals surface area contributed by atoms with Crippen molar-refractivity contribution in [2.45, 2.75) is 12.8 Å². The number of rotatable bonds is 5. The molecule has 0 aliphatic carbocycles. The maximum atomic E-state index is 12.9. The maximum absolute atomic E-state index is 12.9. The number of aromatic nitrogens is 3. The van der Waals surface area contributed by atoms with Gasteiger partial charge in [-0.2, -0.15) is 4.98 Å². The van der Waals surface area contributed by atoms with Crippen LogP contribution < -0.4 is 5.32 Å². The molecular formula is C15H13FN4O3. The molecule has 0 radical (unpaired) electrons. The van der Waals surface area contributed by atoms with E-state index in [1.54, 1.807) is 12.1 Å². The van der Waals surface area contributed by atoms with Crippen LogP contribution in [0.5, 0.6) is 0 Å². The van der Waals surface area contributed by atoms with E-state index in [4.69, 9.17) is 8.94 Å². The zero-order chi connectivity index (χ0) is 16.2.